The second kappa shape index (κ2) is 4.17. The number of benzene rings is 1. The van der Waals surface area contributed by atoms with Crippen molar-refractivity contribution in [3.63, 3.8) is 0 Å². The molecule has 2 nitrogen and oxygen atoms in total. The number of rotatable bonds is 3. The molecule has 2 unspecified atom stereocenters. The summed E-state index contributed by atoms with van der Waals surface area (Å²) in [4.78, 5) is 10.5. The Kier molecular flexibility index (Phi) is 3.17. The number of carboxylic acids is 1. The van der Waals surface area contributed by atoms with Crippen LogP contribution in [-0.2, 0) is 4.79 Å². The van der Waals surface area contributed by atoms with E-state index in [0.717, 1.165) is 12.1 Å². The molecule has 0 saturated heterocycles. The molecule has 2 atom stereocenters. The first-order valence-electron chi connectivity index (χ1n) is 4.14. The number of aliphatic carboxylic acids is 1. The lowest BCUT2D eigenvalue weighted by Gasteiger charge is -2.12. The molecule has 76 valence electrons. The predicted octanol–water partition coefficient (Wildman–Crippen LogP) is 2.56. The van der Waals surface area contributed by atoms with Crippen molar-refractivity contribution in [2.45, 2.75) is 13.1 Å². The highest BCUT2D eigenvalue weighted by atomic mass is 19.1. The summed E-state index contributed by atoms with van der Waals surface area (Å²) < 4.78 is 25.9. The molecule has 1 N–H and O–H groups in total. The number of carbonyl (C=O) groups is 1. The zero-order valence-electron chi connectivity index (χ0n) is 7.58. The van der Waals surface area contributed by atoms with E-state index in [0.29, 0.717) is 0 Å². The maximum Gasteiger partial charge on any atom is 0.309 e. The van der Waals surface area contributed by atoms with Crippen LogP contribution in [0.25, 0.3) is 0 Å². The average molecular weight is 200 g/mol. The van der Waals surface area contributed by atoms with Crippen LogP contribution in [0.4, 0.5) is 8.78 Å². The van der Waals surface area contributed by atoms with Crippen LogP contribution < -0.4 is 0 Å². The summed E-state index contributed by atoms with van der Waals surface area (Å²) in [7, 11) is 0. The van der Waals surface area contributed by atoms with Crippen molar-refractivity contribution in [3.05, 3.63) is 35.6 Å². The largest absolute Gasteiger partial charge is 0.481 e. The van der Waals surface area contributed by atoms with Crippen molar-refractivity contribution >= 4 is 5.97 Å². The summed E-state index contributed by atoms with van der Waals surface area (Å²) in [6.07, 6.45) is -1.60. The van der Waals surface area contributed by atoms with Gasteiger partial charge in [-0.25, -0.2) is 8.78 Å². The van der Waals surface area contributed by atoms with E-state index in [9.17, 15) is 13.6 Å². The molecule has 1 rings (SSSR count). The van der Waals surface area contributed by atoms with E-state index >= 15 is 0 Å². The standard InChI is InChI=1S/C10H10F2O2/c1-6(10(13)14)9(12)7-2-4-8(11)5-3-7/h2-6,9H,1H3,(H,13,14). The monoisotopic (exact) mass is 200 g/mol. The van der Waals surface area contributed by atoms with Crippen LogP contribution in [0.2, 0.25) is 0 Å². The number of hydrogen-bond donors (Lipinski definition) is 1. The Morgan fingerprint density at radius 1 is 1.36 bits per heavy atom. The van der Waals surface area contributed by atoms with Crippen LogP contribution in [-0.4, -0.2) is 11.1 Å². The molecule has 0 aliphatic heterocycles. The smallest absolute Gasteiger partial charge is 0.309 e. The minimum atomic E-state index is -1.60. The quantitative estimate of drug-likeness (QED) is 0.814. The highest BCUT2D eigenvalue weighted by Gasteiger charge is 2.24. The van der Waals surface area contributed by atoms with Gasteiger partial charge >= 0.3 is 5.97 Å². The lowest BCUT2D eigenvalue weighted by Crippen LogP contribution is -2.15. The maximum absolute atomic E-state index is 13.4. The van der Waals surface area contributed by atoms with E-state index < -0.39 is 23.9 Å². The van der Waals surface area contributed by atoms with E-state index in [1.54, 1.807) is 0 Å². The van der Waals surface area contributed by atoms with Gasteiger partial charge in [-0.1, -0.05) is 12.1 Å². The summed E-state index contributed by atoms with van der Waals surface area (Å²) in [6, 6.07) is 4.71. The summed E-state index contributed by atoms with van der Waals surface area (Å²) in [5, 5.41) is 8.55. The maximum atomic E-state index is 13.4. The predicted molar refractivity (Wildman–Crippen MR) is 47.0 cm³/mol. The van der Waals surface area contributed by atoms with E-state index in [1.807, 2.05) is 0 Å². The van der Waals surface area contributed by atoms with Gasteiger partial charge in [0, 0.05) is 0 Å². The van der Waals surface area contributed by atoms with Gasteiger partial charge in [-0.3, -0.25) is 4.79 Å². The topological polar surface area (TPSA) is 37.3 Å². The zero-order valence-corrected chi connectivity index (χ0v) is 7.58. The molecule has 0 spiro atoms. The molecule has 0 aliphatic rings. The van der Waals surface area contributed by atoms with Crippen molar-refractivity contribution in [3.8, 4) is 0 Å². The Hall–Kier alpha value is -1.45. The van der Waals surface area contributed by atoms with E-state index in [1.165, 1.54) is 19.1 Å². The van der Waals surface area contributed by atoms with Crippen molar-refractivity contribution in [1.82, 2.24) is 0 Å². The van der Waals surface area contributed by atoms with Gasteiger partial charge in [-0.05, 0) is 24.6 Å². The molecule has 14 heavy (non-hydrogen) atoms. The first kappa shape index (κ1) is 10.6. The van der Waals surface area contributed by atoms with Crippen LogP contribution in [0.15, 0.2) is 24.3 Å². The van der Waals surface area contributed by atoms with Crippen molar-refractivity contribution in [2.75, 3.05) is 0 Å². The van der Waals surface area contributed by atoms with Gasteiger partial charge in [-0.15, -0.1) is 0 Å². The minimum absolute atomic E-state index is 0.182. The summed E-state index contributed by atoms with van der Waals surface area (Å²) in [5.41, 5.74) is 0.182. The lowest BCUT2D eigenvalue weighted by atomic mass is 9.99. The van der Waals surface area contributed by atoms with Gasteiger partial charge in [0.2, 0.25) is 0 Å². The molecular formula is C10H10F2O2. The normalized spacial score (nSPS) is 14.8. The number of alkyl halides is 1. The SMILES string of the molecule is CC(C(=O)O)C(F)c1ccc(F)cc1. The molecule has 0 fully saturated rings. The van der Waals surface area contributed by atoms with Gasteiger partial charge < -0.3 is 5.11 Å². The first-order chi connectivity index (χ1) is 6.52. The van der Waals surface area contributed by atoms with Gasteiger partial charge in [0.1, 0.15) is 12.0 Å². The molecule has 0 bridgehead atoms. The van der Waals surface area contributed by atoms with Crippen LogP contribution in [0, 0.1) is 11.7 Å². The van der Waals surface area contributed by atoms with Crippen LogP contribution >= 0.6 is 0 Å². The van der Waals surface area contributed by atoms with Gasteiger partial charge in [0.05, 0.1) is 5.92 Å². The second-order valence-electron chi connectivity index (χ2n) is 3.08. The Morgan fingerprint density at radius 2 is 1.86 bits per heavy atom. The molecule has 0 aromatic heterocycles. The summed E-state index contributed by atoms with van der Waals surface area (Å²) >= 11 is 0. The average Bonchev–Trinajstić information content (AvgIpc) is 2.16. The highest BCUT2D eigenvalue weighted by molar-refractivity contribution is 5.70. The first-order valence-corrected chi connectivity index (χ1v) is 4.14. The fraction of sp³-hybridized carbons (Fsp3) is 0.300. The molecule has 1 aromatic carbocycles. The third-order valence-electron chi connectivity index (χ3n) is 2.02. The zero-order chi connectivity index (χ0) is 10.7. The van der Waals surface area contributed by atoms with Crippen LogP contribution in [0.1, 0.15) is 18.7 Å². The van der Waals surface area contributed by atoms with Crippen molar-refractivity contribution in [1.29, 1.82) is 0 Å². The van der Waals surface area contributed by atoms with Gasteiger partial charge in [0.25, 0.3) is 0 Å². The van der Waals surface area contributed by atoms with Gasteiger partial charge in [0.15, 0.2) is 0 Å². The second-order valence-corrected chi connectivity index (χ2v) is 3.08. The number of halogens is 2. The molecule has 0 saturated carbocycles. The fourth-order valence-electron chi connectivity index (χ4n) is 1.06. The van der Waals surface area contributed by atoms with E-state index in [2.05, 4.69) is 0 Å². The van der Waals surface area contributed by atoms with Crippen molar-refractivity contribution in [2.24, 2.45) is 5.92 Å². The molecule has 4 heteroatoms. The lowest BCUT2D eigenvalue weighted by molar-refractivity contribution is -0.143. The highest BCUT2D eigenvalue weighted by Crippen LogP contribution is 2.26. The fourth-order valence-corrected chi connectivity index (χ4v) is 1.06. The molecule has 0 heterocycles. The molecule has 0 radical (unpaired) electrons. The molecular weight excluding hydrogens is 190 g/mol. The Labute approximate surface area is 80.2 Å². The van der Waals surface area contributed by atoms with Gasteiger partial charge in [-0.2, -0.15) is 0 Å². The van der Waals surface area contributed by atoms with Crippen LogP contribution in [0.5, 0.6) is 0 Å². The van der Waals surface area contributed by atoms with Crippen LogP contribution in [0.3, 0.4) is 0 Å². The van der Waals surface area contributed by atoms with E-state index in [4.69, 9.17) is 5.11 Å². The summed E-state index contributed by atoms with van der Waals surface area (Å²) in [6.45, 7) is 1.27. The number of carboxylic acid groups (broad SMARTS) is 1. The Bertz CT molecular complexity index is 321. The molecule has 0 amide bonds. The minimum Gasteiger partial charge on any atom is -0.481 e. The third kappa shape index (κ3) is 2.28. The van der Waals surface area contributed by atoms with E-state index in [-0.39, 0.29) is 5.56 Å². The number of hydrogen-bond acceptors (Lipinski definition) is 1. The summed E-state index contributed by atoms with van der Waals surface area (Å²) in [5.74, 6) is -2.80. The molecule has 1 aromatic rings. The Balaban J connectivity index is 2.84. The van der Waals surface area contributed by atoms with Crippen molar-refractivity contribution < 1.29 is 18.7 Å². The Morgan fingerprint density at radius 3 is 2.29 bits per heavy atom. The third-order valence-corrected chi connectivity index (χ3v) is 2.02. The molecule has 0 aliphatic carbocycles.